The van der Waals surface area contributed by atoms with E-state index in [9.17, 15) is 0 Å². The number of nitrogens with zero attached hydrogens (tertiary/aromatic N) is 2. The van der Waals surface area contributed by atoms with Crippen LogP contribution in [0.15, 0.2) is 24.4 Å². The second-order valence-corrected chi connectivity index (χ2v) is 3.71. The van der Waals surface area contributed by atoms with Crippen LogP contribution in [0.4, 0.5) is 5.69 Å². The first kappa shape index (κ1) is 9.90. The van der Waals surface area contributed by atoms with E-state index >= 15 is 0 Å². The third kappa shape index (κ3) is 2.24. The lowest BCUT2D eigenvalue weighted by Crippen LogP contribution is -1.94. The van der Waals surface area contributed by atoms with Crippen LogP contribution in [-0.4, -0.2) is 9.97 Å². The predicted molar refractivity (Wildman–Crippen MR) is 62.6 cm³/mol. The summed E-state index contributed by atoms with van der Waals surface area (Å²) in [5.41, 5.74) is 9.27. The molecular formula is C12H15N3. The lowest BCUT2D eigenvalue weighted by atomic mass is 10.2. The molecule has 0 amide bonds. The zero-order chi connectivity index (χ0) is 10.7. The number of aromatic nitrogens is 2. The number of aryl methyl sites for hydroxylation is 1. The molecule has 78 valence electrons. The van der Waals surface area contributed by atoms with Crippen LogP contribution in [0, 0.1) is 0 Å². The van der Waals surface area contributed by atoms with Crippen molar-refractivity contribution in [3.05, 3.63) is 30.1 Å². The van der Waals surface area contributed by atoms with Crippen LogP contribution >= 0.6 is 0 Å². The van der Waals surface area contributed by atoms with Crippen LogP contribution in [0.2, 0.25) is 0 Å². The smallest absolute Gasteiger partial charge is 0.0907 e. The Kier molecular flexibility index (Phi) is 2.81. The molecule has 0 aliphatic rings. The van der Waals surface area contributed by atoms with E-state index in [1.165, 1.54) is 6.42 Å². The molecule has 1 aromatic heterocycles. The number of hydrogen-bond donors (Lipinski definition) is 1. The van der Waals surface area contributed by atoms with E-state index in [2.05, 4.69) is 16.9 Å². The van der Waals surface area contributed by atoms with Gasteiger partial charge in [-0.25, -0.2) is 4.98 Å². The van der Waals surface area contributed by atoms with Crippen LogP contribution in [0.1, 0.15) is 25.5 Å². The molecule has 0 radical (unpaired) electrons. The summed E-state index contributed by atoms with van der Waals surface area (Å²) in [6.07, 6.45) is 5.19. The van der Waals surface area contributed by atoms with Gasteiger partial charge in [0.25, 0.3) is 0 Å². The van der Waals surface area contributed by atoms with Crippen LogP contribution in [0.3, 0.4) is 0 Å². The molecule has 0 bridgehead atoms. The minimum Gasteiger partial charge on any atom is -0.399 e. The highest BCUT2D eigenvalue weighted by Gasteiger charge is 1.99. The first-order valence-corrected chi connectivity index (χ1v) is 5.31. The van der Waals surface area contributed by atoms with Crippen molar-refractivity contribution >= 4 is 16.7 Å². The number of anilines is 1. The number of fused-ring (bicyclic) bond motifs is 1. The highest BCUT2D eigenvalue weighted by Crippen LogP contribution is 2.14. The van der Waals surface area contributed by atoms with Crippen molar-refractivity contribution in [2.24, 2.45) is 0 Å². The molecule has 0 saturated heterocycles. The lowest BCUT2D eigenvalue weighted by molar-refractivity contribution is 0.776. The normalized spacial score (nSPS) is 10.7. The quantitative estimate of drug-likeness (QED) is 0.776. The predicted octanol–water partition coefficient (Wildman–Crippen LogP) is 2.55. The number of nitrogen functional groups attached to an aromatic ring is 1. The maximum atomic E-state index is 5.67. The molecule has 0 fully saturated rings. The Morgan fingerprint density at radius 3 is 2.93 bits per heavy atom. The SMILES string of the molecule is CCCCc1cnc2cc(N)ccc2n1. The molecular weight excluding hydrogens is 186 g/mol. The van der Waals surface area contributed by atoms with E-state index in [1.807, 2.05) is 24.4 Å². The highest BCUT2D eigenvalue weighted by molar-refractivity contribution is 5.77. The van der Waals surface area contributed by atoms with Gasteiger partial charge in [-0.2, -0.15) is 0 Å². The fourth-order valence-electron chi connectivity index (χ4n) is 1.54. The summed E-state index contributed by atoms with van der Waals surface area (Å²) in [4.78, 5) is 8.89. The summed E-state index contributed by atoms with van der Waals surface area (Å²) >= 11 is 0. The molecule has 0 unspecified atom stereocenters. The monoisotopic (exact) mass is 201 g/mol. The van der Waals surface area contributed by atoms with E-state index in [1.54, 1.807) is 0 Å². The number of nitrogens with two attached hydrogens (primary N) is 1. The standard InChI is InChI=1S/C12H15N3/c1-2-3-4-10-8-14-12-7-9(13)5-6-11(12)15-10/h5-8H,2-4,13H2,1H3. The number of rotatable bonds is 3. The second-order valence-electron chi connectivity index (χ2n) is 3.71. The molecule has 2 N–H and O–H groups in total. The molecule has 2 aromatic rings. The Morgan fingerprint density at radius 1 is 1.27 bits per heavy atom. The van der Waals surface area contributed by atoms with Gasteiger partial charge < -0.3 is 5.73 Å². The van der Waals surface area contributed by atoms with Gasteiger partial charge in [-0.15, -0.1) is 0 Å². The zero-order valence-corrected chi connectivity index (χ0v) is 8.90. The number of hydrogen-bond acceptors (Lipinski definition) is 3. The molecule has 0 atom stereocenters. The van der Waals surface area contributed by atoms with E-state index in [-0.39, 0.29) is 0 Å². The Labute approximate surface area is 89.4 Å². The third-order valence-electron chi connectivity index (χ3n) is 2.40. The average molecular weight is 201 g/mol. The minimum absolute atomic E-state index is 0.734. The van der Waals surface area contributed by atoms with Gasteiger partial charge >= 0.3 is 0 Å². The molecule has 1 aromatic carbocycles. The maximum Gasteiger partial charge on any atom is 0.0907 e. The summed E-state index contributed by atoms with van der Waals surface area (Å²) in [7, 11) is 0. The number of unbranched alkanes of at least 4 members (excludes halogenated alkanes) is 1. The largest absolute Gasteiger partial charge is 0.399 e. The first-order chi connectivity index (χ1) is 7.29. The van der Waals surface area contributed by atoms with Crippen molar-refractivity contribution < 1.29 is 0 Å². The van der Waals surface area contributed by atoms with Crippen molar-refractivity contribution in [2.75, 3.05) is 5.73 Å². The molecule has 1 heterocycles. The zero-order valence-electron chi connectivity index (χ0n) is 8.90. The average Bonchev–Trinajstić information content (AvgIpc) is 2.26. The van der Waals surface area contributed by atoms with Gasteiger partial charge in [0.1, 0.15) is 0 Å². The molecule has 2 rings (SSSR count). The molecule has 15 heavy (non-hydrogen) atoms. The Hall–Kier alpha value is -1.64. The van der Waals surface area contributed by atoms with Crippen LogP contribution in [0.25, 0.3) is 11.0 Å². The molecule has 0 spiro atoms. The van der Waals surface area contributed by atoms with E-state index in [0.717, 1.165) is 35.3 Å². The summed E-state index contributed by atoms with van der Waals surface area (Å²) in [6, 6.07) is 5.64. The highest BCUT2D eigenvalue weighted by atomic mass is 14.8. The molecule has 0 aliphatic carbocycles. The van der Waals surface area contributed by atoms with Crippen LogP contribution in [-0.2, 0) is 6.42 Å². The molecule has 3 nitrogen and oxygen atoms in total. The minimum atomic E-state index is 0.734. The van der Waals surface area contributed by atoms with Crippen LogP contribution in [0.5, 0.6) is 0 Å². The van der Waals surface area contributed by atoms with Gasteiger partial charge in [0.2, 0.25) is 0 Å². The van der Waals surface area contributed by atoms with Crippen molar-refractivity contribution in [1.29, 1.82) is 0 Å². The van der Waals surface area contributed by atoms with Gasteiger partial charge in [0, 0.05) is 11.9 Å². The summed E-state index contributed by atoms with van der Waals surface area (Å²) in [5.74, 6) is 0. The summed E-state index contributed by atoms with van der Waals surface area (Å²) < 4.78 is 0. The first-order valence-electron chi connectivity index (χ1n) is 5.31. The number of benzene rings is 1. The Bertz CT molecular complexity index is 465. The fraction of sp³-hybridized carbons (Fsp3) is 0.333. The maximum absolute atomic E-state index is 5.67. The van der Waals surface area contributed by atoms with Gasteiger partial charge in [-0.05, 0) is 31.0 Å². The van der Waals surface area contributed by atoms with Gasteiger partial charge in [-0.3, -0.25) is 4.98 Å². The van der Waals surface area contributed by atoms with Crippen molar-refractivity contribution in [3.8, 4) is 0 Å². The van der Waals surface area contributed by atoms with Crippen molar-refractivity contribution in [3.63, 3.8) is 0 Å². The topological polar surface area (TPSA) is 51.8 Å². The molecule has 0 saturated carbocycles. The third-order valence-corrected chi connectivity index (χ3v) is 2.40. The van der Waals surface area contributed by atoms with Gasteiger partial charge in [-0.1, -0.05) is 13.3 Å². The Morgan fingerprint density at radius 2 is 2.13 bits per heavy atom. The molecule has 0 aliphatic heterocycles. The fourth-order valence-corrected chi connectivity index (χ4v) is 1.54. The lowest BCUT2D eigenvalue weighted by Gasteiger charge is -2.02. The summed E-state index contributed by atoms with van der Waals surface area (Å²) in [5, 5.41) is 0. The van der Waals surface area contributed by atoms with Crippen molar-refractivity contribution in [2.45, 2.75) is 26.2 Å². The van der Waals surface area contributed by atoms with E-state index in [0.29, 0.717) is 0 Å². The van der Waals surface area contributed by atoms with Gasteiger partial charge in [0.15, 0.2) is 0 Å². The van der Waals surface area contributed by atoms with E-state index in [4.69, 9.17) is 5.73 Å². The Balaban J connectivity index is 2.34. The molecule has 3 heteroatoms. The summed E-state index contributed by atoms with van der Waals surface area (Å²) in [6.45, 7) is 2.18. The second kappa shape index (κ2) is 4.26. The van der Waals surface area contributed by atoms with Crippen LogP contribution < -0.4 is 5.73 Å². The van der Waals surface area contributed by atoms with E-state index < -0.39 is 0 Å². The van der Waals surface area contributed by atoms with Crippen molar-refractivity contribution in [1.82, 2.24) is 9.97 Å². The van der Waals surface area contributed by atoms with Gasteiger partial charge in [0.05, 0.1) is 16.7 Å².